The van der Waals surface area contributed by atoms with E-state index >= 15 is 0 Å². The highest BCUT2D eigenvalue weighted by atomic mass is 16.3. The molecule has 0 aromatic carbocycles. The van der Waals surface area contributed by atoms with E-state index in [0.717, 1.165) is 11.3 Å². The molecular weight excluding hydrogens is 180 g/mol. The molecule has 0 radical (unpaired) electrons. The van der Waals surface area contributed by atoms with Crippen molar-refractivity contribution >= 4 is 0 Å². The van der Waals surface area contributed by atoms with E-state index in [2.05, 4.69) is 10.3 Å². The molecule has 2 aromatic heterocycles. The molecule has 0 amide bonds. The Balaban J connectivity index is 2.11. The number of aromatic nitrogens is 3. The van der Waals surface area contributed by atoms with Crippen molar-refractivity contribution in [1.82, 2.24) is 15.0 Å². The van der Waals surface area contributed by atoms with Gasteiger partial charge in [0.25, 0.3) is 0 Å². The molecule has 2 aromatic rings. The lowest BCUT2D eigenvalue weighted by molar-refractivity contribution is 0.558. The Morgan fingerprint density at radius 2 is 2.50 bits per heavy atom. The van der Waals surface area contributed by atoms with Gasteiger partial charge in [-0.25, -0.2) is 4.68 Å². The van der Waals surface area contributed by atoms with Gasteiger partial charge in [0.1, 0.15) is 0 Å². The summed E-state index contributed by atoms with van der Waals surface area (Å²) in [6, 6.07) is 1.82. The van der Waals surface area contributed by atoms with Gasteiger partial charge in [-0.1, -0.05) is 5.21 Å². The molecule has 0 aliphatic rings. The summed E-state index contributed by atoms with van der Waals surface area (Å²) < 4.78 is 6.69. The molecule has 5 nitrogen and oxygen atoms in total. The molecule has 2 N–H and O–H groups in total. The predicted octanol–water partition coefficient (Wildman–Crippen LogP) is 0.939. The van der Waals surface area contributed by atoms with E-state index < -0.39 is 0 Å². The van der Waals surface area contributed by atoms with E-state index in [9.17, 15) is 0 Å². The minimum atomic E-state index is -0.0758. The Hall–Kier alpha value is -1.62. The summed E-state index contributed by atoms with van der Waals surface area (Å²) in [5.74, 6) is 0. The van der Waals surface area contributed by atoms with Crippen LogP contribution < -0.4 is 5.73 Å². The smallest absolute Gasteiger partial charge is 0.0991 e. The van der Waals surface area contributed by atoms with Crippen molar-refractivity contribution in [2.24, 2.45) is 5.73 Å². The molecule has 5 heteroatoms. The average molecular weight is 192 g/mol. The van der Waals surface area contributed by atoms with Crippen LogP contribution in [-0.2, 0) is 6.54 Å². The molecule has 0 spiro atoms. The number of nitrogens with zero attached hydrogens (tertiary/aromatic N) is 3. The van der Waals surface area contributed by atoms with Gasteiger partial charge in [-0.3, -0.25) is 0 Å². The van der Waals surface area contributed by atoms with Crippen molar-refractivity contribution in [1.29, 1.82) is 0 Å². The molecule has 2 rings (SSSR count). The monoisotopic (exact) mass is 192 g/mol. The fourth-order valence-corrected chi connectivity index (χ4v) is 1.17. The lowest BCUT2D eigenvalue weighted by Gasteiger charge is -1.96. The molecule has 74 valence electrons. The zero-order chi connectivity index (χ0) is 9.97. The van der Waals surface area contributed by atoms with Gasteiger partial charge in [0.15, 0.2) is 0 Å². The van der Waals surface area contributed by atoms with E-state index in [1.807, 2.05) is 19.2 Å². The summed E-state index contributed by atoms with van der Waals surface area (Å²) in [5, 5.41) is 7.91. The molecule has 0 unspecified atom stereocenters. The third-order valence-electron chi connectivity index (χ3n) is 1.95. The third-order valence-corrected chi connectivity index (χ3v) is 1.95. The first-order chi connectivity index (χ1) is 6.75. The van der Waals surface area contributed by atoms with Gasteiger partial charge in [-0.2, -0.15) is 0 Å². The molecule has 0 saturated heterocycles. The van der Waals surface area contributed by atoms with Gasteiger partial charge < -0.3 is 10.2 Å². The first-order valence-corrected chi connectivity index (χ1v) is 4.42. The number of rotatable bonds is 3. The summed E-state index contributed by atoms with van der Waals surface area (Å²) in [6.45, 7) is 2.54. The van der Waals surface area contributed by atoms with Crippen LogP contribution in [0.25, 0.3) is 0 Å². The van der Waals surface area contributed by atoms with E-state index in [4.69, 9.17) is 10.2 Å². The molecule has 0 aliphatic heterocycles. The minimum Gasteiger partial charge on any atom is -0.472 e. The van der Waals surface area contributed by atoms with E-state index in [-0.39, 0.29) is 6.04 Å². The Morgan fingerprint density at radius 1 is 1.64 bits per heavy atom. The maximum absolute atomic E-state index is 5.67. The lowest BCUT2D eigenvalue weighted by atomic mass is 10.3. The van der Waals surface area contributed by atoms with E-state index in [1.165, 1.54) is 0 Å². The molecule has 0 bridgehead atoms. The van der Waals surface area contributed by atoms with Crippen molar-refractivity contribution in [2.75, 3.05) is 0 Å². The largest absolute Gasteiger partial charge is 0.472 e. The summed E-state index contributed by atoms with van der Waals surface area (Å²) in [4.78, 5) is 0. The van der Waals surface area contributed by atoms with Crippen LogP contribution in [0.15, 0.2) is 29.2 Å². The van der Waals surface area contributed by atoms with Crippen LogP contribution in [0.5, 0.6) is 0 Å². The van der Waals surface area contributed by atoms with Crippen molar-refractivity contribution in [3.05, 3.63) is 36.0 Å². The molecule has 0 saturated carbocycles. The normalized spacial score (nSPS) is 13.0. The van der Waals surface area contributed by atoms with E-state index in [0.29, 0.717) is 6.54 Å². The second-order valence-electron chi connectivity index (χ2n) is 3.26. The van der Waals surface area contributed by atoms with Crippen molar-refractivity contribution < 1.29 is 4.42 Å². The van der Waals surface area contributed by atoms with Crippen molar-refractivity contribution in [3.8, 4) is 0 Å². The highest BCUT2D eigenvalue weighted by Gasteiger charge is 2.05. The zero-order valence-electron chi connectivity index (χ0n) is 7.92. The van der Waals surface area contributed by atoms with Crippen molar-refractivity contribution in [3.63, 3.8) is 0 Å². The van der Waals surface area contributed by atoms with Crippen LogP contribution >= 0.6 is 0 Å². The first-order valence-electron chi connectivity index (χ1n) is 4.42. The van der Waals surface area contributed by atoms with Gasteiger partial charge in [-0.05, 0) is 13.0 Å². The highest BCUT2D eigenvalue weighted by molar-refractivity contribution is 5.06. The second-order valence-corrected chi connectivity index (χ2v) is 3.26. The van der Waals surface area contributed by atoms with Crippen molar-refractivity contribution in [2.45, 2.75) is 19.5 Å². The summed E-state index contributed by atoms with van der Waals surface area (Å²) >= 11 is 0. The lowest BCUT2D eigenvalue weighted by Crippen LogP contribution is -2.05. The number of hydrogen-bond donors (Lipinski definition) is 1. The molecular formula is C9H12N4O. The van der Waals surface area contributed by atoms with Gasteiger partial charge in [0.2, 0.25) is 0 Å². The first kappa shape index (κ1) is 8.96. The fraction of sp³-hybridized carbons (Fsp3) is 0.333. The van der Waals surface area contributed by atoms with Gasteiger partial charge in [-0.15, -0.1) is 5.10 Å². The number of furan rings is 1. The Kier molecular flexibility index (Phi) is 2.32. The maximum Gasteiger partial charge on any atom is 0.0991 e. The molecule has 2 heterocycles. The van der Waals surface area contributed by atoms with Crippen LogP contribution in [0, 0.1) is 0 Å². The summed E-state index contributed by atoms with van der Waals surface area (Å²) in [7, 11) is 0. The molecule has 0 fully saturated rings. The average Bonchev–Trinajstić information content (AvgIpc) is 2.75. The summed E-state index contributed by atoms with van der Waals surface area (Å²) in [6.07, 6.45) is 5.17. The van der Waals surface area contributed by atoms with E-state index in [1.54, 1.807) is 17.2 Å². The zero-order valence-corrected chi connectivity index (χ0v) is 7.92. The number of hydrogen-bond acceptors (Lipinski definition) is 4. The fourth-order valence-electron chi connectivity index (χ4n) is 1.17. The van der Waals surface area contributed by atoms with Crippen LogP contribution in [0.4, 0.5) is 0 Å². The van der Waals surface area contributed by atoms with Gasteiger partial charge in [0.05, 0.1) is 31.0 Å². The Labute approximate surface area is 81.5 Å². The third kappa shape index (κ3) is 1.82. The summed E-state index contributed by atoms with van der Waals surface area (Å²) in [5.41, 5.74) is 7.53. The number of nitrogens with two attached hydrogens (primary N) is 1. The minimum absolute atomic E-state index is 0.0758. The maximum atomic E-state index is 5.67. The predicted molar refractivity (Wildman–Crippen MR) is 50.4 cm³/mol. The van der Waals surface area contributed by atoms with Gasteiger partial charge >= 0.3 is 0 Å². The Bertz CT molecular complexity index is 391. The topological polar surface area (TPSA) is 69.9 Å². The second kappa shape index (κ2) is 3.63. The van der Waals surface area contributed by atoms with Crippen LogP contribution in [0.1, 0.15) is 24.2 Å². The van der Waals surface area contributed by atoms with Gasteiger partial charge in [0, 0.05) is 11.6 Å². The standard InChI is InChI=1S/C9H12N4O/c1-7(10)9-5-13(12-11-9)4-8-2-3-14-6-8/h2-3,5-7H,4,10H2,1H3/t7-/m1/s1. The Morgan fingerprint density at radius 3 is 3.07 bits per heavy atom. The molecule has 0 aliphatic carbocycles. The van der Waals surface area contributed by atoms with Crippen LogP contribution in [-0.4, -0.2) is 15.0 Å². The SMILES string of the molecule is C[C@@H](N)c1cn(Cc2ccoc2)nn1. The quantitative estimate of drug-likeness (QED) is 0.785. The van der Waals surface area contributed by atoms with Crippen LogP contribution in [0.3, 0.4) is 0 Å². The van der Waals surface area contributed by atoms with Crippen LogP contribution in [0.2, 0.25) is 0 Å². The molecule has 1 atom stereocenters. The highest BCUT2D eigenvalue weighted by Crippen LogP contribution is 2.06. The molecule has 14 heavy (non-hydrogen) atoms.